The summed E-state index contributed by atoms with van der Waals surface area (Å²) in [6.45, 7) is 0. The first kappa shape index (κ1) is 17.1. The molecule has 0 aliphatic rings. The van der Waals surface area contributed by atoms with Crippen molar-refractivity contribution in [2.45, 2.75) is 0 Å². The molecule has 3 rings (SSSR count). The van der Waals surface area contributed by atoms with Gasteiger partial charge in [-0.1, -0.05) is 41.9 Å². The average Bonchev–Trinajstić information content (AvgIpc) is 2.99. The van der Waals surface area contributed by atoms with Crippen LogP contribution >= 0.6 is 22.9 Å². The molecule has 25 heavy (non-hydrogen) atoms. The lowest BCUT2D eigenvalue weighted by atomic mass is 10.1. The second kappa shape index (κ2) is 7.46. The summed E-state index contributed by atoms with van der Waals surface area (Å²) < 4.78 is 5.58. The molecule has 0 radical (unpaired) electrons. The van der Waals surface area contributed by atoms with E-state index in [1.807, 2.05) is 24.3 Å². The van der Waals surface area contributed by atoms with Crippen molar-refractivity contribution in [3.8, 4) is 0 Å². The highest BCUT2D eigenvalue weighted by Gasteiger charge is 2.16. The van der Waals surface area contributed by atoms with Gasteiger partial charge < -0.3 is 4.74 Å². The zero-order chi connectivity index (χ0) is 17.8. The summed E-state index contributed by atoms with van der Waals surface area (Å²) in [6, 6.07) is 14.2. The number of ether oxygens (including phenoxy) is 1. The maximum absolute atomic E-state index is 12.2. The number of hydrogen-bond acceptors (Lipinski definition) is 5. The molecule has 1 amide bonds. The lowest BCUT2D eigenvalue weighted by Gasteiger charge is -2.00. The first-order valence-electron chi connectivity index (χ1n) is 7.29. The van der Waals surface area contributed by atoms with Crippen molar-refractivity contribution in [1.29, 1.82) is 0 Å². The lowest BCUT2D eigenvalue weighted by molar-refractivity contribution is 0.0600. The molecule has 1 heterocycles. The molecule has 2 aromatic carbocycles. The monoisotopic (exact) mass is 372 g/mol. The number of nitrogens with one attached hydrogen (secondary N) is 1. The first-order valence-corrected chi connectivity index (χ1v) is 8.48. The molecule has 1 N–H and O–H groups in total. The molecule has 7 heteroatoms. The van der Waals surface area contributed by atoms with Crippen LogP contribution < -0.4 is 5.43 Å². The van der Waals surface area contributed by atoms with E-state index in [-0.39, 0.29) is 5.91 Å². The van der Waals surface area contributed by atoms with Gasteiger partial charge >= 0.3 is 5.97 Å². The van der Waals surface area contributed by atoms with Crippen LogP contribution in [0.15, 0.2) is 53.6 Å². The summed E-state index contributed by atoms with van der Waals surface area (Å²) in [7, 11) is 1.33. The van der Waals surface area contributed by atoms with Gasteiger partial charge in [-0.15, -0.1) is 11.3 Å². The van der Waals surface area contributed by atoms with Crippen LogP contribution in [0.2, 0.25) is 5.02 Å². The van der Waals surface area contributed by atoms with Crippen molar-refractivity contribution in [2.75, 3.05) is 7.11 Å². The van der Waals surface area contributed by atoms with E-state index in [2.05, 4.69) is 15.3 Å². The summed E-state index contributed by atoms with van der Waals surface area (Å²) in [4.78, 5) is 24.0. The van der Waals surface area contributed by atoms with Crippen LogP contribution in [0.5, 0.6) is 0 Å². The largest absolute Gasteiger partial charge is 0.465 e. The Labute approximate surface area is 152 Å². The topological polar surface area (TPSA) is 67.8 Å². The number of benzene rings is 2. The molecule has 5 nitrogen and oxygen atoms in total. The maximum atomic E-state index is 12.2. The standard InChI is InChI=1S/C18H13ClN2O3S/c1-24-18(23)12-8-6-11(7-9-12)10-20-21-17(22)16-15(19)13-4-2-3-5-14(13)25-16/h2-10H,1H3,(H,21,22). The third-order valence-corrected chi connectivity index (χ3v) is 5.13. The molecule has 0 atom stereocenters. The summed E-state index contributed by atoms with van der Waals surface area (Å²) in [5.74, 6) is -0.773. The number of halogens is 1. The molecule has 0 fully saturated rings. The fourth-order valence-corrected chi connectivity index (χ4v) is 3.61. The number of fused-ring (bicyclic) bond motifs is 1. The highest BCUT2D eigenvalue weighted by molar-refractivity contribution is 7.21. The van der Waals surface area contributed by atoms with Gasteiger partial charge in [0.2, 0.25) is 0 Å². The average molecular weight is 373 g/mol. The predicted molar refractivity (Wildman–Crippen MR) is 99.7 cm³/mol. The third kappa shape index (κ3) is 3.70. The number of rotatable bonds is 4. The Kier molecular flexibility index (Phi) is 5.11. The summed E-state index contributed by atoms with van der Waals surface area (Å²) in [5, 5.41) is 5.21. The van der Waals surface area contributed by atoms with E-state index in [0.717, 1.165) is 15.6 Å². The van der Waals surface area contributed by atoms with Gasteiger partial charge in [-0.2, -0.15) is 5.10 Å². The fraction of sp³-hybridized carbons (Fsp3) is 0.0556. The van der Waals surface area contributed by atoms with Crippen LogP contribution in [-0.2, 0) is 4.74 Å². The second-order valence-corrected chi connectivity index (χ2v) is 6.48. The molecule has 0 saturated carbocycles. The van der Waals surface area contributed by atoms with Gasteiger partial charge in [-0.3, -0.25) is 4.79 Å². The number of methoxy groups -OCH3 is 1. The van der Waals surface area contributed by atoms with Crippen molar-refractivity contribution < 1.29 is 14.3 Å². The van der Waals surface area contributed by atoms with Gasteiger partial charge in [-0.25, -0.2) is 10.2 Å². The number of hydrogen-bond donors (Lipinski definition) is 1. The normalized spacial score (nSPS) is 11.0. The minimum Gasteiger partial charge on any atom is -0.465 e. The van der Waals surface area contributed by atoms with E-state index in [1.165, 1.54) is 24.7 Å². The van der Waals surface area contributed by atoms with Crippen molar-refractivity contribution in [3.05, 3.63) is 69.6 Å². The quantitative estimate of drug-likeness (QED) is 0.426. The van der Waals surface area contributed by atoms with Crippen LogP contribution in [0.4, 0.5) is 0 Å². The van der Waals surface area contributed by atoms with Gasteiger partial charge in [0.15, 0.2) is 0 Å². The fourth-order valence-electron chi connectivity index (χ4n) is 2.20. The number of amides is 1. The molecule has 0 spiro atoms. The molecular formula is C18H13ClN2O3S. The van der Waals surface area contributed by atoms with Crippen LogP contribution in [0.1, 0.15) is 25.6 Å². The molecule has 3 aromatic rings. The zero-order valence-electron chi connectivity index (χ0n) is 13.2. The Balaban J connectivity index is 1.70. The molecule has 0 aliphatic carbocycles. The number of hydrazone groups is 1. The van der Waals surface area contributed by atoms with Crippen LogP contribution in [0.3, 0.4) is 0 Å². The highest BCUT2D eigenvalue weighted by Crippen LogP contribution is 2.34. The summed E-state index contributed by atoms with van der Waals surface area (Å²) >= 11 is 7.58. The molecule has 0 bridgehead atoms. The number of esters is 1. The van der Waals surface area contributed by atoms with E-state index in [9.17, 15) is 9.59 Å². The van der Waals surface area contributed by atoms with Gasteiger partial charge in [-0.05, 0) is 23.8 Å². The SMILES string of the molecule is COC(=O)c1ccc(C=NNC(=O)c2sc3ccccc3c2Cl)cc1. The van der Waals surface area contributed by atoms with Crippen LogP contribution in [0.25, 0.3) is 10.1 Å². The third-order valence-electron chi connectivity index (χ3n) is 3.45. The Morgan fingerprint density at radius 3 is 2.56 bits per heavy atom. The maximum Gasteiger partial charge on any atom is 0.337 e. The van der Waals surface area contributed by atoms with E-state index in [1.54, 1.807) is 24.3 Å². The van der Waals surface area contributed by atoms with E-state index in [0.29, 0.717) is 15.5 Å². The predicted octanol–water partition coefficient (Wildman–Crippen LogP) is 4.11. The minimum absolute atomic E-state index is 0.367. The highest BCUT2D eigenvalue weighted by atomic mass is 35.5. The van der Waals surface area contributed by atoms with Crippen molar-refractivity contribution >= 4 is 51.1 Å². The Bertz CT molecular complexity index is 964. The molecule has 0 unspecified atom stereocenters. The number of nitrogens with zero attached hydrogens (tertiary/aromatic N) is 1. The summed E-state index contributed by atoms with van der Waals surface area (Å²) in [6.07, 6.45) is 1.49. The van der Waals surface area contributed by atoms with Gasteiger partial charge in [0, 0.05) is 10.1 Å². The van der Waals surface area contributed by atoms with Gasteiger partial charge in [0.05, 0.1) is 23.9 Å². The Hall–Kier alpha value is -2.70. The Morgan fingerprint density at radius 1 is 1.16 bits per heavy atom. The Morgan fingerprint density at radius 2 is 1.88 bits per heavy atom. The van der Waals surface area contributed by atoms with Crippen molar-refractivity contribution in [2.24, 2.45) is 5.10 Å². The number of carbonyl (C=O) groups is 2. The molecule has 0 aliphatic heterocycles. The number of thiophene rings is 1. The van der Waals surface area contributed by atoms with E-state index >= 15 is 0 Å². The number of carbonyl (C=O) groups excluding carboxylic acids is 2. The molecule has 126 valence electrons. The van der Waals surface area contributed by atoms with Gasteiger partial charge in [0.1, 0.15) is 4.88 Å². The molecule has 0 saturated heterocycles. The van der Waals surface area contributed by atoms with Crippen molar-refractivity contribution in [3.63, 3.8) is 0 Å². The second-order valence-electron chi connectivity index (χ2n) is 5.05. The molecule has 1 aromatic heterocycles. The zero-order valence-corrected chi connectivity index (χ0v) is 14.7. The molecular weight excluding hydrogens is 360 g/mol. The summed E-state index contributed by atoms with van der Waals surface area (Å²) in [5.41, 5.74) is 3.64. The lowest BCUT2D eigenvalue weighted by Crippen LogP contribution is -2.16. The smallest absolute Gasteiger partial charge is 0.337 e. The minimum atomic E-state index is -0.406. The van der Waals surface area contributed by atoms with Gasteiger partial charge in [0.25, 0.3) is 5.91 Å². The van der Waals surface area contributed by atoms with Crippen LogP contribution in [0, 0.1) is 0 Å². The first-order chi connectivity index (χ1) is 12.1. The van der Waals surface area contributed by atoms with Crippen molar-refractivity contribution in [1.82, 2.24) is 5.43 Å². The van der Waals surface area contributed by atoms with Crippen LogP contribution in [-0.4, -0.2) is 25.2 Å². The van der Waals surface area contributed by atoms with E-state index < -0.39 is 5.97 Å². The van der Waals surface area contributed by atoms with E-state index in [4.69, 9.17) is 11.6 Å².